The molecule has 0 saturated heterocycles. The molecule has 0 heterocycles. The summed E-state index contributed by atoms with van der Waals surface area (Å²) in [6.45, 7) is 6.76. The van der Waals surface area contributed by atoms with E-state index in [4.69, 9.17) is 9.47 Å². The van der Waals surface area contributed by atoms with Crippen molar-refractivity contribution in [2.75, 3.05) is 6.61 Å². The molecule has 0 atom stereocenters. The summed E-state index contributed by atoms with van der Waals surface area (Å²) in [5.74, 6) is 0.536. The van der Waals surface area contributed by atoms with Crippen LogP contribution in [0.5, 0.6) is 5.75 Å². The van der Waals surface area contributed by atoms with E-state index >= 15 is 0 Å². The highest BCUT2D eigenvalue weighted by Gasteiger charge is 2.06. The highest BCUT2D eigenvalue weighted by atomic mass is 16.5. The predicted molar refractivity (Wildman–Crippen MR) is 92.4 cm³/mol. The third-order valence-corrected chi connectivity index (χ3v) is 3.70. The highest BCUT2D eigenvalue weighted by molar-refractivity contribution is 5.87. The lowest BCUT2D eigenvalue weighted by molar-refractivity contribution is -0.137. The van der Waals surface area contributed by atoms with Crippen molar-refractivity contribution in [2.24, 2.45) is 0 Å². The van der Waals surface area contributed by atoms with Gasteiger partial charge < -0.3 is 9.47 Å². The molecular formula is C20H22O3. The summed E-state index contributed by atoms with van der Waals surface area (Å²) in [6.07, 6.45) is 3.23. The summed E-state index contributed by atoms with van der Waals surface area (Å²) >= 11 is 0. The fraction of sp³-hybridized carbons (Fsp3) is 0.250. The monoisotopic (exact) mass is 310 g/mol. The Kier molecular flexibility index (Phi) is 5.98. The Hall–Kier alpha value is -2.55. The van der Waals surface area contributed by atoms with Crippen molar-refractivity contribution in [2.45, 2.75) is 27.4 Å². The van der Waals surface area contributed by atoms with Crippen LogP contribution in [-0.4, -0.2) is 12.6 Å². The number of ether oxygens (including phenoxy) is 2. The van der Waals surface area contributed by atoms with Crippen molar-refractivity contribution in [3.8, 4) is 5.75 Å². The van der Waals surface area contributed by atoms with Gasteiger partial charge in [0.1, 0.15) is 12.4 Å². The Bertz CT molecular complexity index is 688. The quantitative estimate of drug-likeness (QED) is 0.584. The first-order valence-electron chi connectivity index (χ1n) is 7.73. The van der Waals surface area contributed by atoms with E-state index in [0.29, 0.717) is 13.2 Å². The average Bonchev–Trinajstić information content (AvgIpc) is 2.56. The zero-order valence-electron chi connectivity index (χ0n) is 13.8. The Morgan fingerprint density at radius 3 is 2.48 bits per heavy atom. The first-order chi connectivity index (χ1) is 11.1. The summed E-state index contributed by atoms with van der Waals surface area (Å²) in [7, 11) is 0. The summed E-state index contributed by atoms with van der Waals surface area (Å²) in [5, 5.41) is 0. The molecule has 0 N–H and O–H groups in total. The first-order valence-corrected chi connectivity index (χ1v) is 7.73. The van der Waals surface area contributed by atoms with Gasteiger partial charge in [0.15, 0.2) is 0 Å². The van der Waals surface area contributed by atoms with Crippen LogP contribution in [-0.2, 0) is 16.1 Å². The van der Waals surface area contributed by atoms with Gasteiger partial charge in [0.2, 0.25) is 0 Å². The van der Waals surface area contributed by atoms with Crippen LogP contribution in [0.2, 0.25) is 0 Å². The fourth-order valence-corrected chi connectivity index (χ4v) is 2.24. The molecule has 2 rings (SSSR count). The molecule has 2 aromatic carbocycles. The van der Waals surface area contributed by atoms with Crippen LogP contribution >= 0.6 is 0 Å². The van der Waals surface area contributed by atoms with E-state index in [1.165, 1.54) is 6.08 Å². The molecule has 0 spiro atoms. The van der Waals surface area contributed by atoms with Gasteiger partial charge in [-0.05, 0) is 55.2 Å². The Labute approximate surface area is 137 Å². The van der Waals surface area contributed by atoms with Crippen molar-refractivity contribution < 1.29 is 14.3 Å². The number of carbonyl (C=O) groups excluding carboxylic acids is 1. The molecule has 0 aliphatic heterocycles. The van der Waals surface area contributed by atoms with E-state index in [9.17, 15) is 4.79 Å². The van der Waals surface area contributed by atoms with E-state index in [0.717, 1.165) is 28.0 Å². The van der Waals surface area contributed by atoms with Gasteiger partial charge in [0.05, 0.1) is 6.61 Å². The SMILES string of the molecule is CCOC(=O)/C=C/c1ccc(OCc2ccccc2)c(C)c1C. The lowest BCUT2D eigenvalue weighted by Crippen LogP contribution is -2.00. The number of hydrogen-bond acceptors (Lipinski definition) is 3. The molecular weight excluding hydrogens is 288 g/mol. The third kappa shape index (κ3) is 4.71. The summed E-state index contributed by atoms with van der Waals surface area (Å²) < 4.78 is 10.8. The molecule has 3 nitrogen and oxygen atoms in total. The Morgan fingerprint density at radius 1 is 1.04 bits per heavy atom. The molecule has 0 radical (unpaired) electrons. The minimum Gasteiger partial charge on any atom is -0.489 e. The van der Waals surface area contributed by atoms with Gasteiger partial charge in [0.25, 0.3) is 0 Å². The highest BCUT2D eigenvalue weighted by Crippen LogP contribution is 2.26. The molecule has 3 heteroatoms. The minimum atomic E-state index is -0.325. The van der Waals surface area contributed by atoms with Gasteiger partial charge in [-0.3, -0.25) is 0 Å². The standard InChI is InChI=1S/C20H22O3/c1-4-22-20(21)13-11-18-10-12-19(16(3)15(18)2)23-14-17-8-6-5-7-9-17/h5-13H,4,14H2,1-3H3/b13-11+. The zero-order valence-corrected chi connectivity index (χ0v) is 13.8. The minimum absolute atomic E-state index is 0.325. The second-order valence-corrected chi connectivity index (χ2v) is 5.26. The fourth-order valence-electron chi connectivity index (χ4n) is 2.24. The van der Waals surface area contributed by atoms with Gasteiger partial charge in [-0.1, -0.05) is 36.4 Å². The van der Waals surface area contributed by atoms with Crippen LogP contribution in [0.1, 0.15) is 29.2 Å². The van der Waals surface area contributed by atoms with E-state index in [2.05, 4.69) is 0 Å². The van der Waals surface area contributed by atoms with Crippen molar-refractivity contribution in [1.82, 2.24) is 0 Å². The normalized spacial score (nSPS) is 10.7. The first kappa shape index (κ1) is 16.8. The van der Waals surface area contributed by atoms with Crippen LogP contribution in [0, 0.1) is 13.8 Å². The van der Waals surface area contributed by atoms with Crippen molar-refractivity contribution in [1.29, 1.82) is 0 Å². The smallest absolute Gasteiger partial charge is 0.330 e. The third-order valence-electron chi connectivity index (χ3n) is 3.70. The van der Waals surface area contributed by atoms with Crippen LogP contribution in [0.3, 0.4) is 0 Å². The number of benzene rings is 2. The number of rotatable bonds is 6. The van der Waals surface area contributed by atoms with Gasteiger partial charge in [0, 0.05) is 6.08 Å². The molecule has 0 fully saturated rings. The molecule has 120 valence electrons. The van der Waals surface area contributed by atoms with Crippen molar-refractivity contribution in [3.63, 3.8) is 0 Å². The Morgan fingerprint density at radius 2 is 1.78 bits per heavy atom. The maximum Gasteiger partial charge on any atom is 0.330 e. The van der Waals surface area contributed by atoms with Gasteiger partial charge >= 0.3 is 5.97 Å². The lowest BCUT2D eigenvalue weighted by atomic mass is 10.0. The molecule has 0 amide bonds. The van der Waals surface area contributed by atoms with E-state index in [1.807, 2.05) is 56.3 Å². The van der Waals surface area contributed by atoms with Crippen LogP contribution in [0.25, 0.3) is 6.08 Å². The lowest BCUT2D eigenvalue weighted by Gasteiger charge is -2.13. The van der Waals surface area contributed by atoms with Crippen molar-refractivity contribution >= 4 is 12.0 Å². The van der Waals surface area contributed by atoms with Crippen LogP contribution < -0.4 is 4.74 Å². The molecule has 0 aromatic heterocycles. The second kappa shape index (κ2) is 8.18. The maximum atomic E-state index is 11.4. The zero-order chi connectivity index (χ0) is 16.7. The summed E-state index contributed by atoms with van der Waals surface area (Å²) in [5.41, 5.74) is 4.29. The number of carbonyl (C=O) groups is 1. The number of hydrogen-bond donors (Lipinski definition) is 0. The van der Waals surface area contributed by atoms with E-state index in [-0.39, 0.29) is 5.97 Å². The van der Waals surface area contributed by atoms with E-state index in [1.54, 1.807) is 13.0 Å². The largest absolute Gasteiger partial charge is 0.489 e. The molecule has 0 saturated carbocycles. The Balaban J connectivity index is 2.09. The van der Waals surface area contributed by atoms with Crippen LogP contribution in [0.15, 0.2) is 48.5 Å². The number of esters is 1. The molecule has 23 heavy (non-hydrogen) atoms. The molecule has 0 aliphatic carbocycles. The topological polar surface area (TPSA) is 35.5 Å². The van der Waals surface area contributed by atoms with Crippen LogP contribution in [0.4, 0.5) is 0 Å². The van der Waals surface area contributed by atoms with Gasteiger partial charge in [-0.25, -0.2) is 4.79 Å². The summed E-state index contributed by atoms with van der Waals surface area (Å²) in [6, 6.07) is 14.0. The maximum absolute atomic E-state index is 11.4. The molecule has 2 aromatic rings. The van der Waals surface area contributed by atoms with Crippen molar-refractivity contribution in [3.05, 3.63) is 70.8 Å². The molecule has 0 bridgehead atoms. The average molecular weight is 310 g/mol. The van der Waals surface area contributed by atoms with Gasteiger partial charge in [-0.2, -0.15) is 0 Å². The second-order valence-electron chi connectivity index (χ2n) is 5.26. The summed E-state index contributed by atoms with van der Waals surface area (Å²) in [4.78, 5) is 11.4. The van der Waals surface area contributed by atoms with E-state index < -0.39 is 0 Å². The molecule has 0 unspecified atom stereocenters. The molecule has 0 aliphatic rings. The van der Waals surface area contributed by atoms with Gasteiger partial charge in [-0.15, -0.1) is 0 Å². The predicted octanol–water partition coefficient (Wildman–Crippen LogP) is 4.46.